The van der Waals surface area contributed by atoms with Crippen molar-refractivity contribution < 1.29 is 5.11 Å². The molecule has 31 heavy (non-hydrogen) atoms. The van der Waals surface area contributed by atoms with Crippen molar-refractivity contribution in [3.63, 3.8) is 0 Å². The molecule has 0 amide bonds. The normalized spacial score (nSPS) is 15.9. The number of pyridine rings is 1. The number of nitrogens with zero attached hydrogens (tertiary/aromatic N) is 2. The van der Waals surface area contributed by atoms with Gasteiger partial charge in [0.1, 0.15) is 5.60 Å². The summed E-state index contributed by atoms with van der Waals surface area (Å²) in [6, 6.07) is 30.8. The zero-order valence-corrected chi connectivity index (χ0v) is 17.7. The number of aliphatic hydroxyl groups is 1. The summed E-state index contributed by atoms with van der Waals surface area (Å²) in [5.74, 6) is 0.184. The zero-order valence-electron chi connectivity index (χ0n) is 17.7. The Morgan fingerprint density at radius 3 is 2.03 bits per heavy atom. The van der Waals surface area contributed by atoms with Crippen molar-refractivity contribution in [3.05, 3.63) is 114 Å². The van der Waals surface area contributed by atoms with Crippen LogP contribution in [-0.2, 0) is 12.1 Å². The first-order chi connectivity index (χ1) is 15.2. The molecule has 0 aliphatic carbocycles. The second kappa shape index (κ2) is 8.62. The molecular formula is C28H28N2O. The van der Waals surface area contributed by atoms with Crippen molar-refractivity contribution in [2.75, 3.05) is 13.1 Å². The topological polar surface area (TPSA) is 36.4 Å². The Morgan fingerprint density at radius 1 is 0.806 bits per heavy atom. The van der Waals surface area contributed by atoms with Gasteiger partial charge in [-0.15, -0.1) is 0 Å². The van der Waals surface area contributed by atoms with Gasteiger partial charge in [-0.2, -0.15) is 0 Å². The first-order valence-electron chi connectivity index (χ1n) is 11.1. The quantitative estimate of drug-likeness (QED) is 0.481. The fourth-order valence-corrected chi connectivity index (χ4v) is 4.99. The molecular weight excluding hydrogens is 380 g/mol. The van der Waals surface area contributed by atoms with Crippen molar-refractivity contribution in [3.8, 4) is 0 Å². The summed E-state index contributed by atoms with van der Waals surface area (Å²) in [4.78, 5) is 7.10. The Morgan fingerprint density at radius 2 is 1.39 bits per heavy atom. The Kier molecular flexibility index (Phi) is 5.54. The monoisotopic (exact) mass is 408 g/mol. The molecule has 0 atom stereocenters. The van der Waals surface area contributed by atoms with Crippen molar-refractivity contribution >= 4 is 10.9 Å². The lowest BCUT2D eigenvalue weighted by Gasteiger charge is -2.42. The molecule has 1 aliphatic heterocycles. The third-order valence-corrected chi connectivity index (χ3v) is 6.66. The number of para-hydroxylation sites is 1. The summed E-state index contributed by atoms with van der Waals surface area (Å²) in [6.07, 6.45) is 3.92. The van der Waals surface area contributed by atoms with E-state index in [9.17, 15) is 5.11 Å². The maximum Gasteiger partial charge on any atom is 0.117 e. The van der Waals surface area contributed by atoms with E-state index in [0.717, 1.165) is 49.1 Å². The molecule has 156 valence electrons. The summed E-state index contributed by atoms with van der Waals surface area (Å²) < 4.78 is 0. The van der Waals surface area contributed by atoms with Gasteiger partial charge in [-0.1, -0.05) is 78.9 Å². The van der Waals surface area contributed by atoms with Crippen LogP contribution in [0.3, 0.4) is 0 Å². The standard InChI is InChI=1S/C28H28N2O/c31-28(24-10-3-1-4-11-24,25-12-5-2-6-13-25)26-15-17-30(18-16-26)21-22-19-23-9-7-8-14-27(23)29-20-22/h1-14,19-20,26,31H,15-18,21H2. The van der Waals surface area contributed by atoms with Gasteiger partial charge in [-0.05, 0) is 60.7 Å². The van der Waals surface area contributed by atoms with Gasteiger partial charge in [0, 0.05) is 18.1 Å². The van der Waals surface area contributed by atoms with Crippen LogP contribution in [0.5, 0.6) is 0 Å². The van der Waals surface area contributed by atoms with Crippen LogP contribution >= 0.6 is 0 Å². The van der Waals surface area contributed by atoms with E-state index in [1.54, 1.807) is 0 Å². The molecule has 1 aliphatic rings. The lowest BCUT2D eigenvalue weighted by molar-refractivity contribution is -0.0152. The van der Waals surface area contributed by atoms with E-state index in [4.69, 9.17) is 0 Å². The van der Waals surface area contributed by atoms with Crippen LogP contribution in [-0.4, -0.2) is 28.1 Å². The van der Waals surface area contributed by atoms with Crippen molar-refractivity contribution in [1.82, 2.24) is 9.88 Å². The van der Waals surface area contributed by atoms with E-state index < -0.39 is 5.60 Å². The third kappa shape index (κ3) is 3.99. The van der Waals surface area contributed by atoms with Gasteiger partial charge in [0.05, 0.1) is 5.52 Å². The van der Waals surface area contributed by atoms with Crippen molar-refractivity contribution in [1.29, 1.82) is 0 Å². The van der Waals surface area contributed by atoms with E-state index in [1.165, 1.54) is 10.9 Å². The average Bonchev–Trinajstić information content (AvgIpc) is 2.85. The molecule has 4 aromatic rings. The molecule has 0 unspecified atom stereocenters. The van der Waals surface area contributed by atoms with Crippen LogP contribution in [0.25, 0.3) is 10.9 Å². The molecule has 1 N–H and O–H groups in total. The van der Waals surface area contributed by atoms with E-state index in [0.29, 0.717) is 0 Å². The summed E-state index contributed by atoms with van der Waals surface area (Å²) in [5.41, 5.74) is 3.30. The highest BCUT2D eigenvalue weighted by molar-refractivity contribution is 5.78. The van der Waals surface area contributed by atoms with Gasteiger partial charge in [-0.25, -0.2) is 0 Å². The van der Waals surface area contributed by atoms with Gasteiger partial charge in [0.2, 0.25) is 0 Å². The van der Waals surface area contributed by atoms with E-state index >= 15 is 0 Å². The van der Waals surface area contributed by atoms with Gasteiger partial charge < -0.3 is 5.11 Å². The maximum absolute atomic E-state index is 12.0. The van der Waals surface area contributed by atoms with Crippen molar-refractivity contribution in [2.45, 2.75) is 25.0 Å². The number of hydrogen-bond donors (Lipinski definition) is 1. The highest BCUT2D eigenvalue weighted by Gasteiger charge is 2.41. The van der Waals surface area contributed by atoms with Crippen LogP contribution in [0.4, 0.5) is 0 Å². The molecule has 3 heteroatoms. The summed E-state index contributed by atoms with van der Waals surface area (Å²) >= 11 is 0. The second-order valence-corrected chi connectivity index (χ2v) is 8.59. The van der Waals surface area contributed by atoms with Crippen LogP contribution in [0.15, 0.2) is 97.2 Å². The number of rotatable bonds is 5. The molecule has 3 aromatic carbocycles. The minimum atomic E-state index is -0.959. The Balaban J connectivity index is 1.34. The Labute approximate surface area is 184 Å². The van der Waals surface area contributed by atoms with Crippen LogP contribution in [0, 0.1) is 5.92 Å². The SMILES string of the molecule is OC(c1ccccc1)(c1ccccc1)C1CCN(Cc2cnc3ccccc3c2)CC1. The van der Waals surface area contributed by atoms with E-state index in [-0.39, 0.29) is 5.92 Å². The molecule has 0 bridgehead atoms. The third-order valence-electron chi connectivity index (χ3n) is 6.66. The molecule has 1 aromatic heterocycles. The summed E-state index contributed by atoms with van der Waals surface area (Å²) in [7, 11) is 0. The molecule has 2 heterocycles. The highest BCUT2D eigenvalue weighted by atomic mass is 16.3. The molecule has 0 saturated carbocycles. The largest absolute Gasteiger partial charge is 0.380 e. The number of benzene rings is 3. The number of fused-ring (bicyclic) bond motifs is 1. The number of hydrogen-bond acceptors (Lipinski definition) is 3. The lowest BCUT2D eigenvalue weighted by atomic mass is 9.72. The van der Waals surface area contributed by atoms with Gasteiger partial charge >= 0.3 is 0 Å². The number of likely N-dealkylation sites (tertiary alicyclic amines) is 1. The smallest absolute Gasteiger partial charge is 0.117 e. The summed E-state index contributed by atoms with van der Waals surface area (Å²) in [6.45, 7) is 2.85. The predicted octanol–water partition coefficient (Wildman–Crippen LogP) is 5.38. The zero-order chi connectivity index (χ0) is 21.1. The molecule has 1 fully saturated rings. The first-order valence-corrected chi connectivity index (χ1v) is 11.1. The predicted molar refractivity (Wildman–Crippen MR) is 126 cm³/mol. The fraction of sp³-hybridized carbons (Fsp3) is 0.250. The molecule has 0 radical (unpaired) electrons. The summed E-state index contributed by atoms with van der Waals surface area (Å²) in [5, 5.41) is 13.2. The number of piperidine rings is 1. The average molecular weight is 409 g/mol. The molecule has 3 nitrogen and oxygen atoms in total. The maximum atomic E-state index is 12.0. The highest BCUT2D eigenvalue weighted by Crippen LogP contribution is 2.42. The number of aromatic nitrogens is 1. The van der Waals surface area contributed by atoms with Gasteiger partial charge in [0.25, 0.3) is 0 Å². The second-order valence-electron chi connectivity index (χ2n) is 8.59. The Bertz CT molecular complexity index is 1100. The van der Waals surface area contributed by atoms with Gasteiger partial charge in [-0.3, -0.25) is 9.88 Å². The van der Waals surface area contributed by atoms with Crippen LogP contribution in [0.1, 0.15) is 29.5 Å². The minimum absolute atomic E-state index is 0.184. The Hall–Kier alpha value is -3.01. The first kappa shape index (κ1) is 19.9. The molecule has 0 spiro atoms. The van der Waals surface area contributed by atoms with Gasteiger partial charge in [0.15, 0.2) is 0 Å². The lowest BCUT2D eigenvalue weighted by Crippen LogP contribution is -2.44. The van der Waals surface area contributed by atoms with Crippen LogP contribution in [0.2, 0.25) is 0 Å². The molecule has 1 saturated heterocycles. The minimum Gasteiger partial charge on any atom is -0.380 e. The van der Waals surface area contributed by atoms with E-state index in [1.807, 2.05) is 48.7 Å². The van der Waals surface area contributed by atoms with E-state index in [2.05, 4.69) is 58.4 Å². The fourth-order valence-electron chi connectivity index (χ4n) is 4.99. The van der Waals surface area contributed by atoms with Crippen molar-refractivity contribution in [2.24, 2.45) is 5.92 Å². The van der Waals surface area contributed by atoms with Crippen LogP contribution < -0.4 is 0 Å². The molecule has 5 rings (SSSR count).